The van der Waals surface area contributed by atoms with Crippen molar-refractivity contribution in [3.8, 4) is 0 Å². The maximum Gasteiger partial charge on any atom is 0.414 e. The van der Waals surface area contributed by atoms with E-state index in [-0.39, 0.29) is 6.54 Å². The molecule has 0 aromatic heterocycles. The molecule has 5 heteroatoms. The van der Waals surface area contributed by atoms with Gasteiger partial charge in [0, 0.05) is 6.54 Å². The van der Waals surface area contributed by atoms with Gasteiger partial charge in [-0.05, 0) is 6.42 Å². The molecule has 1 aliphatic heterocycles. The molecular formula is C10H13NO4. The normalized spacial score (nSPS) is 15.3. The van der Waals surface area contributed by atoms with Gasteiger partial charge in [-0.3, -0.25) is 0 Å². The van der Waals surface area contributed by atoms with Crippen LogP contribution in [0.2, 0.25) is 0 Å². The van der Waals surface area contributed by atoms with Crippen LogP contribution in [0.3, 0.4) is 0 Å². The average Bonchev–Trinajstić information content (AvgIpc) is 2.28. The van der Waals surface area contributed by atoms with Gasteiger partial charge in [0.15, 0.2) is 0 Å². The van der Waals surface area contributed by atoms with Crippen molar-refractivity contribution < 1.29 is 19.1 Å². The molecule has 0 aromatic carbocycles. The third-order valence-corrected chi connectivity index (χ3v) is 2.04. The lowest BCUT2D eigenvalue weighted by atomic mass is 10.1. The SMILES string of the molecule is C=COC(=O)N1CCC=C(C(=O)OC)C1. The Morgan fingerprint density at radius 2 is 2.33 bits per heavy atom. The summed E-state index contributed by atoms with van der Waals surface area (Å²) in [7, 11) is 1.31. The van der Waals surface area contributed by atoms with Crippen LogP contribution in [0.25, 0.3) is 0 Å². The summed E-state index contributed by atoms with van der Waals surface area (Å²) in [5.41, 5.74) is 0.477. The van der Waals surface area contributed by atoms with Crippen molar-refractivity contribution in [1.82, 2.24) is 4.90 Å². The van der Waals surface area contributed by atoms with Gasteiger partial charge in [0.05, 0.1) is 25.5 Å². The van der Waals surface area contributed by atoms with Crippen LogP contribution in [0.1, 0.15) is 6.42 Å². The quantitative estimate of drug-likeness (QED) is 0.506. The summed E-state index contributed by atoms with van der Waals surface area (Å²) >= 11 is 0. The molecule has 0 saturated carbocycles. The van der Waals surface area contributed by atoms with Gasteiger partial charge in [0.1, 0.15) is 0 Å². The maximum absolute atomic E-state index is 11.3. The van der Waals surface area contributed by atoms with Crippen molar-refractivity contribution >= 4 is 12.1 Å². The van der Waals surface area contributed by atoms with Gasteiger partial charge in [-0.1, -0.05) is 12.7 Å². The molecule has 0 aromatic rings. The van der Waals surface area contributed by atoms with Crippen LogP contribution in [-0.4, -0.2) is 37.2 Å². The Hall–Kier alpha value is -1.78. The molecule has 1 amide bonds. The molecule has 15 heavy (non-hydrogen) atoms. The van der Waals surface area contributed by atoms with Gasteiger partial charge < -0.3 is 14.4 Å². The van der Waals surface area contributed by atoms with E-state index in [2.05, 4.69) is 16.1 Å². The number of hydrogen-bond acceptors (Lipinski definition) is 4. The van der Waals surface area contributed by atoms with Crippen molar-refractivity contribution in [1.29, 1.82) is 0 Å². The second-order valence-corrected chi connectivity index (χ2v) is 2.98. The van der Waals surface area contributed by atoms with E-state index in [1.54, 1.807) is 6.08 Å². The molecule has 0 spiro atoms. The molecule has 0 N–H and O–H groups in total. The topological polar surface area (TPSA) is 55.8 Å². The highest BCUT2D eigenvalue weighted by Gasteiger charge is 2.22. The summed E-state index contributed by atoms with van der Waals surface area (Å²) in [5.74, 6) is -0.411. The van der Waals surface area contributed by atoms with Crippen molar-refractivity contribution in [3.05, 3.63) is 24.5 Å². The van der Waals surface area contributed by atoms with Gasteiger partial charge in [-0.2, -0.15) is 0 Å². The van der Waals surface area contributed by atoms with E-state index >= 15 is 0 Å². The minimum Gasteiger partial charge on any atom is -0.466 e. The number of hydrogen-bond donors (Lipinski definition) is 0. The largest absolute Gasteiger partial charge is 0.466 e. The Balaban J connectivity index is 2.61. The molecule has 82 valence electrons. The number of ether oxygens (including phenoxy) is 2. The van der Waals surface area contributed by atoms with E-state index < -0.39 is 12.1 Å². The fraction of sp³-hybridized carbons (Fsp3) is 0.400. The summed E-state index contributed by atoms with van der Waals surface area (Å²) < 4.78 is 9.19. The smallest absolute Gasteiger partial charge is 0.414 e. The fourth-order valence-electron chi connectivity index (χ4n) is 1.32. The van der Waals surface area contributed by atoms with E-state index in [1.807, 2.05) is 0 Å². The number of carbonyl (C=O) groups is 2. The average molecular weight is 211 g/mol. The molecule has 0 unspecified atom stereocenters. The lowest BCUT2D eigenvalue weighted by Gasteiger charge is -2.24. The van der Waals surface area contributed by atoms with Crippen molar-refractivity contribution in [2.75, 3.05) is 20.2 Å². The summed E-state index contributed by atoms with van der Waals surface area (Å²) in [5, 5.41) is 0. The number of esters is 1. The summed E-state index contributed by atoms with van der Waals surface area (Å²) in [6.45, 7) is 4.05. The first kappa shape index (κ1) is 11.3. The molecule has 1 heterocycles. The zero-order valence-corrected chi connectivity index (χ0v) is 8.56. The summed E-state index contributed by atoms with van der Waals surface area (Å²) in [6.07, 6.45) is 2.96. The first-order valence-electron chi connectivity index (χ1n) is 4.53. The first-order valence-corrected chi connectivity index (χ1v) is 4.53. The van der Waals surface area contributed by atoms with Crippen LogP contribution in [0.5, 0.6) is 0 Å². The minimum atomic E-state index is -0.500. The van der Waals surface area contributed by atoms with Crippen LogP contribution in [-0.2, 0) is 14.3 Å². The van der Waals surface area contributed by atoms with Crippen molar-refractivity contribution in [2.45, 2.75) is 6.42 Å². The number of nitrogens with zero attached hydrogens (tertiary/aromatic N) is 1. The standard InChI is InChI=1S/C10H13NO4/c1-3-15-10(13)11-6-4-5-8(7-11)9(12)14-2/h3,5H,1,4,6-7H2,2H3. The van der Waals surface area contributed by atoms with E-state index in [0.717, 1.165) is 6.26 Å². The highest BCUT2D eigenvalue weighted by atomic mass is 16.5. The Morgan fingerprint density at radius 1 is 1.60 bits per heavy atom. The Kier molecular flexibility index (Phi) is 3.91. The third-order valence-electron chi connectivity index (χ3n) is 2.04. The van der Waals surface area contributed by atoms with Gasteiger partial charge in [-0.15, -0.1) is 0 Å². The Bertz CT molecular complexity index is 309. The molecule has 5 nitrogen and oxygen atoms in total. The van der Waals surface area contributed by atoms with Gasteiger partial charge >= 0.3 is 12.1 Å². The third kappa shape index (κ3) is 2.83. The molecule has 0 aliphatic carbocycles. The summed E-state index contributed by atoms with van der Waals surface area (Å²) in [6, 6.07) is 0. The number of amides is 1. The second kappa shape index (κ2) is 5.19. The molecule has 0 fully saturated rings. The van der Waals surface area contributed by atoms with E-state index in [1.165, 1.54) is 12.0 Å². The monoisotopic (exact) mass is 211 g/mol. The van der Waals surface area contributed by atoms with Crippen LogP contribution in [0.4, 0.5) is 4.79 Å². The molecule has 0 atom stereocenters. The second-order valence-electron chi connectivity index (χ2n) is 2.98. The molecule has 1 aliphatic rings. The highest BCUT2D eigenvalue weighted by molar-refractivity contribution is 5.89. The van der Waals surface area contributed by atoms with Gasteiger partial charge in [0.2, 0.25) is 0 Å². The molecule has 1 rings (SSSR count). The van der Waals surface area contributed by atoms with Crippen LogP contribution >= 0.6 is 0 Å². The lowest BCUT2D eigenvalue weighted by Crippen LogP contribution is -2.37. The first-order chi connectivity index (χ1) is 7.19. The maximum atomic E-state index is 11.3. The van der Waals surface area contributed by atoms with E-state index in [4.69, 9.17) is 0 Å². The molecular weight excluding hydrogens is 198 g/mol. The van der Waals surface area contributed by atoms with E-state index in [9.17, 15) is 9.59 Å². The predicted octanol–water partition coefficient (Wildman–Crippen LogP) is 1.07. The zero-order valence-electron chi connectivity index (χ0n) is 8.56. The van der Waals surface area contributed by atoms with Crippen LogP contribution in [0.15, 0.2) is 24.5 Å². The molecule has 0 saturated heterocycles. The van der Waals surface area contributed by atoms with E-state index in [0.29, 0.717) is 18.5 Å². The molecule has 0 bridgehead atoms. The van der Waals surface area contributed by atoms with Gasteiger partial charge in [0.25, 0.3) is 0 Å². The number of rotatable bonds is 2. The predicted molar refractivity (Wildman–Crippen MR) is 53.0 cm³/mol. The van der Waals surface area contributed by atoms with Crippen molar-refractivity contribution in [3.63, 3.8) is 0 Å². The van der Waals surface area contributed by atoms with Crippen LogP contribution < -0.4 is 0 Å². The number of methoxy groups -OCH3 is 1. The summed E-state index contributed by atoms with van der Waals surface area (Å²) in [4.78, 5) is 23.9. The fourth-order valence-corrected chi connectivity index (χ4v) is 1.32. The van der Waals surface area contributed by atoms with Crippen LogP contribution in [0, 0.1) is 0 Å². The van der Waals surface area contributed by atoms with Crippen molar-refractivity contribution in [2.24, 2.45) is 0 Å². The van der Waals surface area contributed by atoms with Gasteiger partial charge in [-0.25, -0.2) is 9.59 Å². The highest BCUT2D eigenvalue weighted by Crippen LogP contribution is 2.11. The zero-order chi connectivity index (χ0) is 11.3. The minimum absolute atomic E-state index is 0.222. The Morgan fingerprint density at radius 3 is 2.93 bits per heavy atom. The Labute approximate surface area is 87.9 Å². The molecule has 0 radical (unpaired) electrons. The number of carbonyl (C=O) groups excluding carboxylic acids is 2. The lowest BCUT2D eigenvalue weighted by molar-refractivity contribution is -0.136.